The molecule has 0 aromatic heterocycles. The molecule has 7 heteroatoms. The van der Waals surface area contributed by atoms with Crippen LogP contribution in [0.15, 0.2) is 0 Å². The molecule has 0 heterocycles. The summed E-state index contributed by atoms with van der Waals surface area (Å²) in [6, 6.07) is -0.175. The minimum atomic E-state index is -3.52. The first-order valence-corrected chi connectivity index (χ1v) is 9.32. The van der Waals surface area contributed by atoms with Crippen molar-refractivity contribution in [2.45, 2.75) is 69.9 Å². The van der Waals surface area contributed by atoms with Crippen LogP contribution in [-0.2, 0) is 15.0 Å². The van der Waals surface area contributed by atoms with Crippen molar-refractivity contribution >= 4 is 16.2 Å². The van der Waals surface area contributed by atoms with Crippen molar-refractivity contribution in [2.75, 3.05) is 7.05 Å². The fourth-order valence-electron chi connectivity index (χ4n) is 3.46. The van der Waals surface area contributed by atoms with E-state index in [1.165, 1.54) is 10.7 Å². The topological polar surface area (TPSA) is 86.7 Å². The molecule has 0 aliphatic heterocycles. The molecule has 2 saturated carbocycles. The van der Waals surface area contributed by atoms with Gasteiger partial charge in [0.05, 0.1) is 5.92 Å². The van der Waals surface area contributed by atoms with E-state index in [0.717, 1.165) is 38.5 Å². The molecule has 0 bridgehead atoms. The lowest BCUT2D eigenvalue weighted by Crippen LogP contribution is -2.49. The van der Waals surface area contributed by atoms with Gasteiger partial charge >= 0.3 is 5.97 Å². The molecule has 2 N–H and O–H groups in total. The van der Waals surface area contributed by atoms with Gasteiger partial charge in [-0.3, -0.25) is 4.79 Å². The van der Waals surface area contributed by atoms with Gasteiger partial charge in [0.15, 0.2) is 0 Å². The number of carbonyl (C=O) groups is 1. The molecule has 6 nitrogen and oxygen atoms in total. The molecule has 2 fully saturated rings. The second kappa shape index (κ2) is 7.07. The van der Waals surface area contributed by atoms with E-state index < -0.39 is 22.1 Å². The summed E-state index contributed by atoms with van der Waals surface area (Å²) in [6.45, 7) is 0. The predicted octanol–water partition coefficient (Wildman–Crippen LogP) is 1.73. The summed E-state index contributed by atoms with van der Waals surface area (Å²) in [6.07, 6.45) is 7.70. The van der Waals surface area contributed by atoms with Crippen LogP contribution in [-0.4, -0.2) is 42.9 Å². The molecule has 21 heavy (non-hydrogen) atoms. The normalized spacial score (nSPS) is 28.7. The van der Waals surface area contributed by atoms with E-state index in [1.807, 2.05) is 0 Å². The lowest BCUT2D eigenvalue weighted by atomic mass is 9.86. The lowest BCUT2D eigenvalue weighted by molar-refractivity contribution is -0.143. The smallest absolute Gasteiger partial charge is 0.306 e. The molecule has 0 aromatic carbocycles. The maximum absolute atomic E-state index is 12.4. The van der Waals surface area contributed by atoms with Crippen LogP contribution >= 0.6 is 0 Å². The van der Waals surface area contributed by atoms with Crippen molar-refractivity contribution in [3.63, 3.8) is 0 Å². The predicted molar refractivity (Wildman–Crippen MR) is 80.1 cm³/mol. The lowest BCUT2D eigenvalue weighted by Gasteiger charge is -2.33. The first-order valence-electron chi connectivity index (χ1n) is 7.88. The zero-order chi connectivity index (χ0) is 15.5. The number of carboxylic acid groups (broad SMARTS) is 1. The van der Waals surface area contributed by atoms with Gasteiger partial charge < -0.3 is 5.11 Å². The number of aliphatic carboxylic acids is 1. The largest absolute Gasteiger partial charge is 0.481 e. The summed E-state index contributed by atoms with van der Waals surface area (Å²) in [7, 11) is -1.88. The first kappa shape index (κ1) is 16.7. The fraction of sp³-hybridized carbons (Fsp3) is 0.929. The Morgan fingerprint density at radius 1 is 1.10 bits per heavy atom. The third-order valence-electron chi connectivity index (χ3n) is 4.81. The van der Waals surface area contributed by atoms with Crippen LogP contribution in [0.25, 0.3) is 0 Å². The quantitative estimate of drug-likeness (QED) is 0.808. The standard InChI is InChI=1S/C14H26N2O4S/c1-16(13-8-3-2-4-9-13)21(19,20)15-12-7-5-6-11(10-12)14(17)18/h11-13,15H,2-10H2,1H3,(H,17,18). The maximum Gasteiger partial charge on any atom is 0.306 e. The molecule has 2 aliphatic rings. The van der Waals surface area contributed by atoms with Crippen molar-refractivity contribution in [1.29, 1.82) is 0 Å². The SMILES string of the molecule is CN(C1CCCCC1)S(=O)(=O)NC1CCCC(C(=O)O)C1. The van der Waals surface area contributed by atoms with Crippen LogP contribution in [0, 0.1) is 5.92 Å². The Bertz CT molecular complexity index is 460. The van der Waals surface area contributed by atoms with Crippen LogP contribution in [0.4, 0.5) is 0 Å². The number of hydrogen-bond donors (Lipinski definition) is 2. The van der Waals surface area contributed by atoms with Gasteiger partial charge in [-0.15, -0.1) is 0 Å². The van der Waals surface area contributed by atoms with Crippen molar-refractivity contribution in [2.24, 2.45) is 5.92 Å². The number of hydrogen-bond acceptors (Lipinski definition) is 3. The summed E-state index contributed by atoms with van der Waals surface area (Å²) >= 11 is 0. The summed E-state index contributed by atoms with van der Waals surface area (Å²) in [4.78, 5) is 11.1. The van der Waals surface area contributed by atoms with E-state index in [4.69, 9.17) is 5.11 Å². The molecule has 2 rings (SSSR count). The Balaban J connectivity index is 1.94. The van der Waals surface area contributed by atoms with Crippen molar-refractivity contribution < 1.29 is 18.3 Å². The van der Waals surface area contributed by atoms with Gasteiger partial charge in [0.2, 0.25) is 0 Å². The average Bonchev–Trinajstić information content (AvgIpc) is 2.47. The molecule has 2 atom stereocenters. The first-order chi connectivity index (χ1) is 9.90. The molecule has 0 amide bonds. The number of nitrogens with one attached hydrogen (secondary N) is 1. The molecular weight excluding hydrogens is 292 g/mol. The third-order valence-corrected chi connectivity index (χ3v) is 6.49. The van der Waals surface area contributed by atoms with Gasteiger partial charge in [-0.25, -0.2) is 0 Å². The van der Waals surface area contributed by atoms with Crippen LogP contribution in [0.1, 0.15) is 57.8 Å². The summed E-state index contributed by atoms with van der Waals surface area (Å²) in [5.74, 6) is -1.24. The monoisotopic (exact) mass is 318 g/mol. The number of carboxylic acids is 1. The molecule has 2 unspecified atom stereocenters. The van der Waals surface area contributed by atoms with Gasteiger partial charge in [-0.2, -0.15) is 17.4 Å². The van der Waals surface area contributed by atoms with Gasteiger partial charge in [-0.1, -0.05) is 25.7 Å². The second-order valence-electron chi connectivity index (χ2n) is 6.33. The van der Waals surface area contributed by atoms with Crippen LogP contribution in [0.5, 0.6) is 0 Å². The summed E-state index contributed by atoms with van der Waals surface area (Å²) in [5, 5.41) is 9.08. The van der Waals surface area contributed by atoms with Crippen LogP contribution in [0.3, 0.4) is 0 Å². The maximum atomic E-state index is 12.4. The molecular formula is C14H26N2O4S. The Morgan fingerprint density at radius 2 is 1.76 bits per heavy atom. The van der Waals surface area contributed by atoms with Gasteiger partial charge in [-0.05, 0) is 32.1 Å². The van der Waals surface area contributed by atoms with E-state index in [-0.39, 0.29) is 12.1 Å². The molecule has 0 radical (unpaired) electrons. The van der Waals surface area contributed by atoms with Gasteiger partial charge in [0.1, 0.15) is 0 Å². The van der Waals surface area contributed by atoms with Crippen LogP contribution < -0.4 is 4.72 Å². The molecule has 122 valence electrons. The van der Waals surface area contributed by atoms with Crippen LogP contribution in [0.2, 0.25) is 0 Å². The highest BCUT2D eigenvalue weighted by molar-refractivity contribution is 7.87. The fourth-order valence-corrected chi connectivity index (χ4v) is 4.86. The van der Waals surface area contributed by atoms with Crippen molar-refractivity contribution in [3.8, 4) is 0 Å². The second-order valence-corrected chi connectivity index (χ2v) is 8.09. The Morgan fingerprint density at radius 3 is 2.38 bits per heavy atom. The third kappa shape index (κ3) is 4.40. The number of rotatable bonds is 5. The highest BCUT2D eigenvalue weighted by atomic mass is 32.2. The Labute approximate surface area is 127 Å². The molecule has 0 saturated heterocycles. The van der Waals surface area contributed by atoms with Crippen molar-refractivity contribution in [1.82, 2.24) is 9.03 Å². The van der Waals surface area contributed by atoms with E-state index >= 15 is 0 Å². The molecule has 0 spiro atoms. The molecule has 0 aromatic rings. The van der Waals surface area contributed by atoms with E-state index in [2.05, 4.69) is 4.72 Å². The van der Waals surface area contributed by atoms with Gasteiger partial charge in [0.25, 0.3) is 10.2 Å². The summed E-state index contributed by atoms with van der Waals surface area (Å²) in [5.41, 5.74) is 0. The van der Waals surface area contributed by atoms with E-state index in [1.54, 1.807) is 7.05 Å². The molecule has 2 aliphatic carbocycles. The minimum absolute atomic E-state index is 0.0788. The van der Waals surface area contributed by atoms with Crippen molar-refractivity contribution in [3.05, 3.63) is 0 Å². The highest BCUT2D eigenvalue weighted by Gasteiger charge is 2.33. The zero-order valence-electron chi connectivity index (χ0n) is 12.6. The Kier molecular flexibility index (Phi) is 5.62. The summed E-state index contributed by atoms with van der Waals surface area (Å²) < 4.78 is 29.1. The minimum Gasteiger partial charge on any atom is -0.481 e. The average molecular weight is 318 g/mol. The van der Waals surface area contributed by atoms with E-state index in [0.29, 0.717) is 12.8 Å². The Hall–Kier alpha value is -0.660. The number of nitrogens with zero attached hydrogens (tertiary/aromatic N) is 1. The van der Waals surface area contributed by atoms with Gasteiger partial charge in [0, 0.05) is 19.1 Å². The zero-order valence-corrected chi connectivity index (χ0v) is 13.4. The highest BCUT2D eigenvalue weighted by Crippen LogP contribution is 2.27. The van der Waals surface area contributed by atoms with E-state index in [9.17, 15) is 13.2 Å².